The van der Waals surface area contributed by atoms with E-state index in [4.69, 9.17) is 9.47 Å². The van der Waals surface area contributed by atoms with Crippen molar-refractivity contribution in [2.75, 3.05) is 11.9 Å². The molecule has 3 rings (SSSR count). The van der Waals surface area contributed by atoms with Crippen LogP contribution in [0.15, 0.2) is 72.8 Å². The first-order valence-electron chi connectivity index (χ1n) is 10.5. The summed E-state index contributed by atoms with van der Waals surface area (Å²) in [5.74, 6) is 0.0545. The highest BCUT2D eigenvalue weighted by molar-refractivity contribution is 5.81. The molecule has 3 aromatic rings. The lowest BCUT2D eigenvalue weighted by molar-refractivity contribution is -0.393. The molecule has 0 aliphatic rings. The van der Waals surface area contributed by atoms with Gasteiger partial charge in [-0.15, -0.1) is 0 Å². The number of anilines is 1. The van der Waals surface area contributed by atoms with E-state index < -0.39 is 33.2 Å². The highest BCUT2D eigenvalue weighted by atomic mass is 16.6. The minimum absolute atomic E-state index is 0.0172. The molecular formula is C24H23N3O7. The lowest BCUT2D eigenvalue weighted by Gasteiger charge is -2.18. The number of hydrogen-bond donors (Lipinski definition) is 1. The first-order valence-corrected chi connectivity index (χ1v) is 10.5. The number of ether oxygens (including phenoxy) is 2. The van der Waals surface area contributed by atoms with Gasteiger partial charge in [0.2, 0.25) is 0 Å². The summed E-state index contributed by atoms with van der Waals surface area (Å²) in [4.78, 5) is 33.5. The third kappa shape index (κ3) is 6.52. The van der Waals surface area contributed by atoms with Gasteiger partial charge in [-0.05, 0) is 36.2 Å². The molecule has 0 radical (unpaired) electrons. The van der Waals surface area contributed by atoms with Crippen LogP contribution in [-0.2, 0) is 22.6 Å². The van der Waals surface area contributed by atoms with Gasteiger partial charge in [-0.25, -0.2) is 4.79 Å². The van der Waals surface area contributed by atoms with Crippen LogP contribution in [0.4, 0.5) is 17.1 Å². The highest BCUT2D eigenvalue weighted by Crippen LogP contribution is 2.30. The van der Waals surface area contributed by atoms with Crippen LogP contribution < -0.4 is 10.1 Å². The molecule has 0 spiro atoms. The second-order valence-corrected chi connectivity index (χ2v) is 7.29. The number of non-ortho nitro benzene ring substituents is 1. The number of benzene rings is 3. The summed E-state index contributed by atoms with van der Waals surface area (Å²) in [6, 6.07) is 19.1. The van der Waals surface area contributed by atoms with E-state index in [0.717, 1.165) is 23.3 Å². The quantitative estimate of drug-likeness (QED) is 0.245. The van der Waals surface area contributed by atoms with Crippen LogP contribution in [0, 0.1) is 20.2 Å². The van der Waals surface area contributed by atoms with Crippen LogP contribution in [0.3, 0.4) is 0 Å². The zero-order valence-corrected chi connectivity index (χ0v) is 18.4. The zero-order chi connectivity index (χ0) is 24.5. The SMILES string of the molecule is CCOC(=O)C(Cc1ccc(OCc2ccccc2)cc1)Nc1ccc([N+](=O)[O-])cc1[N+](=O)[O-]. The van der Waals surface area contributed by atoms with Crippen molar-refractivity contribution in [2.24, 2.45) is 0 Å². The monoisotopic (exact) mass is 465 g/mol. The average molecular weight is 465 g/mol. The molecule has 0 aliphatic heterocycles. The normalized spacial score (nSPS) is 11.3. The van der Waals surface area contributed by atoms with Crippen molar-refractivity contribution in [1.82, 2.24) is 0 Å². The van der Waals surface area contributed by atoms with E-state index in [1.807, 2.05) is 30.3 Å². The van der Waals surface area contributed by atoms with Gasteiger partial charge in [0, 0.05) is 12.5 Å². The van der Waals surface area contributed by atoms with Gasteiger partial charge in [-0.3, -0.25) is 20.2 Å². The van der Waals surface area contributed by atoms with E-state index >= 15 is 0 Å². The Morgan fingerprint density at radius 1 is 0.941 bits per heavy atom. The molecule has 0 saturated carbocycles. The Bertz CT molecular complexity index is 1150. The van der Waals surface area contributed by atoms with E-state index in [1.54, 1.807) is 31.2 Å². The summed E-state index contributed by atoms with van der Waals surface area (Å²) >= 11 is 0. The van der Waals surface area contributed by atoms with Crippen molar-refractivity contribution in [1.29, 1.82) is 0 Å². The second kappa shape index (κ2) is 11.4. The van der Waals surface area contributed by atoms with Crippen molar-refractivity contribution in [3.63, 3.8) is 0 Å². The number of nitrogens with zero attached hydrogens (tertiary/aromatic N) is 2. The number of carbonyl (C=O) groups excluding carboxylic acids is 1. The van der Waals surface area contributed by atoms with Crippen molar-refractivity contribution in [2.45, 2.75) is 26.0 Å². The van der Waals surface area contributed by atoms with E-state index in [2.05, 4.69) is 5.32 Å². The second-order valence-electron chi connectivity index (χ2n) is 7.29. The third-order valence-electron chi connectivity index (χ3n) is 4.90. The number of nitro groups is 2. The van der Waals surface area contributed by atoms with Crippen LogP contribution in [0.1, 0.15) is 18.1 Å². The first kappa shape index (κ1) is 24.2. The van der Waals surface area contributed by atoms with Crippen molar-refractivity contribution in [3.05, 3.63) is 104 Å². The fraction of sp³-hybridized carbons (Fsp3) is 0.208. The topological polar surface area (TPSA) is 134 Å². The maximum absolute atomic E-state index is 12.5. The molecular weight excluding hydrogens is 442 g/mol. The fourth-order valence-corrected chi connectivity index (χ4v) is 3.23. The Balaban J connectivity index is 1.75. The van der Waals surface area contributed by atoms with E-state index in [1.165, 1.54) is 6.07 Å². The molecule has 0 bridgehead atoms. The summed E-state index contributed by atoms with van der Waals surface area (Å²) in [6.45, 7) is 2.20. The van der Waals surface area contributed by atoms with Crippen molar-refractivity contribution in [3.8, 4) is 5.75 Å². The maximum Gasteiger partial charge on any atom is 0.328 e. The van der Waals surface area contributed by atoms with E-state index in [0.29, 0.717) is 12.4 Å². The highest BCUT2D eigenvalue weighted by Gasteiger charge is 2.26. The van der Waals surface area contributed by atoms with Gasteiger partial charge < -0.3 is 14.8 Å². The molecule has 1 unspecified atom stereocenters. The molecule has 1 atom stereocenters. The predicted molar refractivity (Wildman–Crippen MR) is 125 cm³/mol. The lowest BCUT2D eigenvalue weighted by Crippen LogP contribution is -2.33. The van der Waals surface area contributed by atoms with Gasteiger partial charge in [-0.2, -0.15) is 0 Å². The molecule has 1 N–H and O–H groups in total. The predicted octanol–water partition coefficient (Wildman–Crippen LogP) is 4.67. The molecule has 0 saturated heterocycles. The van der Waals surface area contributed by atoms with Gasteiger partial charge in [0.05, 0.1) is 22.5 Å². The molecule has 176 valence electrons. The summed E-state index contributed by atoms with van der Waals surface area (Å²) < 4.78 is 10.9. The molecule has 3 aromatic carbocycles. The molecule has 0 amide bonds. The number of hydrogen-bond acceptors (Lipinski definition) is 8. The lowest BCUT2D eigenvalue weighted by atomic mass is 10.0. The van der Waals surface area contributed by atoms with Crippen LogP contribution in [-0.4, -0.2) is 28.5 Å². The minimum atomic E-state index is -0.948. The fourth-order valence-electron chi connectivity index (χ4n) is 3.23. The number of esters is 1. The average Bonchev–Trinajstić information content (AvgIpc) is 2.84. The van der Waals surface area contributed by atoms with E-state index in [9.17, 15) is 25.0 Å². The summed E-state index contributed by atoms with van der Waals surface area (Å²) in [6.07, 6.45) is 0.173. The molecule has 0 aliphatic carbocycles. The van der Waals surface area contributed by atoms with E-state index in [-0.39, 0.29) is 18.7 Å². The Kier molecular flexibility index (Phi) is 8.11. The Morgan fingerprint density at radius 2 is 1.65 bits per heavy atom. The first-order chi connectivity index (χ1) is 16.4. The largest absolute Gasteiger partial charge is 0.489 e. The smallest absolute Gasteiger partial charge is 0.328 e. The van der Waals surface area contributed by atoms with Crippen LogP contribution in [0.5, 0.6) is 5.75 Å². The molecule has 0 fully saturated rings. The van der Waals surface area contributed by atoms with Gasteiger partial charge in [0.15, 0.2) is 0 Å². The van der Waals surface area contributed by atoms with Gasteiger partial charge in [-0.1, -0.05) is 42.5 Å². The molecule has 34 heavy (non-hydrogen) atoms. The van der Waals surface area contributed by atoms with Crippen molar-refractivity contribution < 1.29 is 24.1 Å². The summed E-state index contributed by atoms with van der Waals surface area (Å²) in [7, 11) is 0. The van der Waals surface area contributed by atoms with Gasteiger partial charge in [0.1, 0.15) is 24.1 Å². The van der Waals surface area contributed by atoms with Crippen LogP contribution in [0.2, 0.25) is 0 Å². The minimum Gasteiger partial charge on any atom is -0.489 e. The van der Waals surface area contributed by atoms with Crippen LogP contribution in [0.25, 0.3) is 0 Å². The third-order valence-corrected chi connectivity index (χ3v) is 4.90. The molecule has 0 heterocycles. The number of carbonyl (C=O) groups is 1. The Morgan fingerprint density at radius 3 is 2.26 bits per heavy atom. The molecule has 10 heteroatoms. The number of nitro benzene ring substituents is 2. The van der Waals surface area contributed by atoms with Crippen molar-refractivity contribution >= 4 is 23.0 Å². The maximum atomic E-state index is 12.5. The zero-order valence-electron chi connectivity index (χ0n) is 18.4. The summed E-state index contributed by atoms with van der Waals surface area (Å²) in [5, 5.41) is 25.2. The molecule has 0 aromatic heterocycles. The van der Waals surface area contributed by atoms with Crippen LogP contribution >= 0.6 is 0 Å². The number of nitrogens with one attached hydrogen (secondary N) is 1. The molecule has 10 nitrogen and oxygen atoms in total. The van der Waals surface area contributed by atoms with Gasteiger partial charge >= 0.3 is 5.97 Å². The number of rotatable bonds is 11. The van der Waals surface area contributed by atoms with Gasteiger partial charge in [0.25, 0.3) is 11.4 Å². The Labute approximate surface area is 195 Å². The standard InChI is InChI=1S/C24H23N3O7/c1-2-33-24(28)22(25-21-13-10-19(26(29)30)15-23(21)27(31)32)14-17-8-11-20(12-9-17)34-16-18-6-4-3-5-7-18/h3-13,15,22,25H,2,14,16H2,1H3. The Hall–Kier alpha value is -4.47. The summed E-state index contributed by atoms with van der Waals surface area (Å²) in [5.41, 5.74) is 0.852.